The van der Waals surface area contributed by atoms with Crippen LogP contribution in [-0.2, 0) is 14.8 Å². The summed E-state index contributed by atoms with van der Waals surface area (Å²) in [4.78, 5) is 20.1. The number of hydrogen-bond donors (Lipinski definition) is 2. The Kier molecular flexibility index (Phi) is 6.00. The van der Waals surface area contributed by atoms with Crippen molar-refractivity contribution in [1.29, 1.82) is 0 Å². The number of sulfonamides is 1. The topological polar surface area (TPSA) is 101 Å². The number of halogens is 2. The minimum Gasteiger partial charge on any atom is -0.378 e. The van der Waals surface area contributed by atoms with Gasteiger partial charge < -0.3 is 9.64 Å². The summed E-state index contributed by atoms with van der Waals surface area (Å²) in [7, 11) is -4.14. The summed E-state index contributed by atoms with van der Waals surface area (Å²) in [6, 6.07) is 4.29. The Morgan fingerprint density at radius 3 is 2.54 bits per heavy atom. The van der Waals surface area contributed by atoms with Crippen molar-refractivity contribution in [2.75, 3.05) is 31.2 Å². The van der Waals surface area contributed by atoms with Gasteiger partial charge in [0.2, 0.25) is 0 Å². The summed E-state index contributed by atoms with van der Waals surface area (Å²) in [6.07, 6.45) is 0. The molecule has 26 heavy (non-hydrogen) atoms. The molecule has 0 spiro atoms. The molecule has 1 fully saturated rings. The number of benzene rings is 1. The predicted octanol–water partition coefficient (Wildman–Crippen LogP) is 1.91. The Labute approximate surface area is 164 Å². The van der Waals surface area contributed by atoms with Crippen LogP contribution in [0.2, 0.25) is 10.0 Å². The van der Waals surface area contributed by atoms with Crippen LogP contribution in [0, 0.1) is 0 Å². The number of carbonyl (C=O) groups is 1. The second kappa shape index (κ2) is 8.07. The minimum atomic E-state index is -4.14. The van der Waals surface area contributed by atoms with E-state index >= 15 is 0 Å². The summed E-state index contributed by atoms with van der Waals surface area (Å²) in [5.41, 5.74) is 2.22. The number of nitrogens with one attached hydrogen (secondary N) is 2. The Morgan fingerprint density at radius 2 is 1.88 bits per heavy atom. The first-order valence-corrected chi connectivity index (χ1v) is 10.5. The maximum Gasteiger partial charge on any atom is 0.285 e. The molecule has 2 aromatic rings. The first-order chi connectivity index (χ1) is 12.4. The molecule has 2 N–H and O–H groups in total. The number of aromatic nitrogens is 1. The van der Waals surface area contributed by atoms with Gasteiger partial charge in [0.25, 0.3) is 15.9 Å². The van der Waals surface area contributed by atoms with Crippen LogP contribution in [0.4, 0.5) is 5.13 Å². The third kappa shape index (κ3) is 4.27. The average molecular weight is 437 g/mol. The molecule has 0 atom stereocenters. The molecule has 1 amide bonds. The molecule has 140 valence electrons. The van der Waals surface area contributed by atoms with Crippen LogP contribution < -0.4 is 15.2 Å². The molecule has 0 saturated carbocycles. The van der Waals surface area contributed by atoms with Crippen LogP contribution in [0.3, 0.4) is 0 Å². The molecule has 8 nitrogen and oxygen atoms in total. The molecule has 0 aliphatic carbocycles. The van der Waals surface area contributed by atoms with Crippen molar-refractivity contribution < 1.29 is 17.9 Å². The van der Waals surface area contributed by atoms with Gasteiger partial charge in [0.05, 0.1) is 23.3 Å². The Hall–Kier alpha value is -1.43. The highest BCUT2D eigenvalue weighted by molar-refractivity contribution is 7.89. The molecule has 1 aromatic carbocycles. The van der Waals surface area contributed by atoms with Gasteiger partial charge in [0.1, 0.15) is 10.6 Å². The van der Waals surface area contributed by atoms with E-state index in [1.54, 1.807) is 5.38 Å². The fourth-order valence-electron chi connectivity index (χ4n) is 2.24. The third-order valence-corrected chi connectivity index (χ3v) is 6.60. The summed E-state index contributed by atoms with van der Waals surface area (Å²) < 4.78 is 29.9. The minimum absolute atomic E-state index is 0.0532. The molecule has 3 rings (SSSR count). The van der Waals surface area contributed by atoms with Crippen LogP contribution in [-0.4, -0.2) is 45.6 Å². The van der Waals surface area contributed by atoms with Crippen molar-refractivity contribution >= 4 is 55.6 Å². The zero-order valence-corrected chi connectivity index (χ0v) is 16.4. The lowest BCUT2D eigenvalue weighted by atomic mass is 10.4. The normalized spacial score (nSPS) is 15.1. The van der Waals surface area contributed by atoms with Gasteiger partial charge in [0, 0.05) is 18.5 Å². The number of thiazole rings is 1. The van der Waals surface area contributed by atoms with E-state index in [0.29, 0.717) is 31.4 Å². The first kappa shape index (κ1) is 19.3. The molecular formula is C14H14Cl2N4O4S2. The number of anilines is 1. The van der Waals surface area contributed by atoms with E-state index < -0.39 is 15.9 Å². The molecule has 1 aromatic heterocycles. The lowest BCUT2D eigenvalue weighted by Gasteiger charge is -2.25. The summed E-state index contributed by atoms with van der Waals surface area (Å²) >= 11 is 13.1. The van der Waals surface area contributed by atoms with Crippen LogP contribution in [0.15, 0.2) is 28.5 Å². The number of hydrogen-bond acceptors (Lipinski definition) is 7. The Balaban J connectivity index is 1.68. The van der Waals surface area contributed by atoms with E-state index in [2.05, 4.69) is 10.4 Å². The van der Waals surface area contributed by atoms with Crippen molar-refractivity contribution in [3.05, 3.63) is 39.3 Å². The maximum atomic E-state index is 12.3. The van der Waals surface area contributed by atoms with Crippen molar-refractivity contribution in [2.45, 2.75) is 4.90 Å². The number of morpholine rings is 1. The molecule has 12 heteroatoms. The van der Waals surface area contributed by atoms with Crippen LogP contribution in [0.5, 0.6) is 0 Å². The number of nitrogens with zero attached hydrogens (tertiary/aromatic N) is 2. The molecule has 1 aliphatic rings. The van der Waals surface area contributed by atoms with Gasteiger partial charge in [-0.15, -0.1) is 16.2 Å². The number of hydrazine groups is 1. The highest BCUT2D eigenvalue weighted by Gasteiger charge is 2.23. The van der Waals surface area contributed by atoms with Crippen LogP contribution in [0.25, 0.3) is 0 Å². The predicted molar refractivity (Wildman–Crippen MR) is 99.4 cm³/mol. The lowest BCUT2D eigenvalue weighted by Crippen LogP contribution is -2.42. The van der Waals surface area contributed by atoms with E-state index in [-0.39, 0.29) is 20.6 Å². The Bertz CT molecular complexity index is 893. The van der Waals surface area contributed by atoms with Gasteiger partial charge in [-0.2, -0.15) is 0 Å². The molecule has 0 radical (unpaired) electrons. The third-order valence-electron chi connectivity index (χ3n) is 3.49. The largest absolute Gasteiger partial charge is 0.378 e. The highest BCUT2D eigenvalue weighted by atomic mass is 35.5. The zero-order chi connectivity index (χ0) is 18.7. The van der Waals surface area contributed by atoms with E-state index in [4.69, 9.17) is 27.9 Å². The van der Waals surface area contributed by atoms with Crippen molar-refractivity contribution in [3.8, 4) is 0 Å². The van der Waals surface area contributed by atoms with E-state index in [9.17, 15) is 13.2 Å². The quantitative estimate of drug-likeness (QED) is 0.694. The summed E-state index contributed by atoms with van der Waals surface area (Å²) in [5.74, 6) is -0.687. The van der Waals surface area contributed by atoms with Gasteiger partial charge >= 0.3 is 0 Å². The number of ether oxygens (including phenoxy) is 1. The molecular weight excluding hydrogens is 423 g/mol. The second-order valence-electron chi connectivity index (χ2n) is 5.23. The maximum absolute atomic E-state index is 12.3. The number of amides is 1. The van der Waals surface area contributed by atoms with Gasteiger partial charge in [-0.25, -0.2) is 13.4 Å². The second-order valence-corrected chi connectivity index (χ2v) is 8.50. The van der Waals surface area contributed by atoms with Crippen molar-refractivity contribution in [2.24, 2.45) is 0 Å². The van der Waals surface area contributed by atoms with Crippen molar-refractivity contribution in [1.82, 2.24) is 15.2 Å². The van der Waals surface area contributed by atoms with E-state index in [1.807, 2.05) is 9.73 Å². The molecule has 0 unspecified atom stereocenters. The van der Waals surface area contributed by atoms with Crippen molar-refractivity contribution in [3.63, 3.8) is 0 Å². The van der Waals surface area contributed by atoms with Crippen LogP contribution >= 0.6 is 34.5 Å². The number of carbonyl (C=O) groups excluding carboxylic acids is 1. The zero-order valence-electron chi connectivity index (χ0n) is 13.2. The van der Waals surface area contributed by atoms with Gasteiger partial charge in [-0.05, 0) is 12.1 Å². The van der Waals surface area contributed by atoms with E-state index in [0.717, 1.165) is 0 Å². The fourth-order valence-corrected chi connectivity index (χ4v) is 5.08. The monoisotopic (exact) mass is 436 g/mol. The first-order valence-electron chi connectivity index (χ1n) is 7.43. The Morgan fingerprint density at radius 1 is 1.23 bits per heavy atom. The van der Waals surface area contributed by atoms with Crippen LogP contribution in [0.1, 0.15) is 10.5 Å². The lowest BCUT2D eigenvalue weighted by molar-refractivity contribution is 0.0940. The van der Waals surface area contributed by atoms with Gasteiger partial charge in [-0.3, -0.25) is 10.2 Å². The summed E-state index contributed by atoms with van der Waals surface area (Å²) in [6.45, 7) is 2.57. The standard InChI is InChI=1S/C14H14Cl2N4O4S2/c15-9-2-1-3-10(16)12(9)26(22,23)19-18-13(21)11-8-25-14(17-11)20-4-6-24-7-5-20/h1-3,8,19H,4-7H2,(H,18,21). The molecule has 1 saturated heterocycles. The smallest absolute Gasteiger partial charge is 0.285 e. The average Bonchev–Trinajstić information content (AvgIpc) is 3.10. The van der Waals surface area contributed by atoms with E-state index in [1.165, 1.54) is 29.5 Å². The van der Waals surface area contributed by atoms with Gasteiger partial charge in [0.15, 0.2) is 5.13 Å². The fraction of sp³-hybridized carbons (Fsp3) is 0.286. The van der Waals surface area contributed by atoms with Gasteiger partial charge in [-0.1, -0.05) is 29.3 Å². The number of rotatable bonds is 5. The molecule has 2 heterocycles. The molecule has 1 aliphatic heterocycles. The SMILES string of the molecule is O=C(NNS(=O)(=O)c1c(Cl)cccc1Cl)c1csc(N2CCOCC2)n1. The highest BCUT2D eigenvalue weighted by Crippen LogP contribution is 2.28. The molecule has 0 bridgehead atoms. The summed E-state index contributed by atoms with van der Waals surface area (Å²) in [5, 5.41) is 2.12.